The number of rotatable bonds is 5. The average Bonchev–Trinajstić information content (AvgIpc) is 2.55. The second kappa shape index (κ2) is 6.51. The van der Waals surface area contributed by atoms with Crippen molar-refractivity contribution >= 4 is 10.8 Å². The number of nitrogens with zero attached hydrogens (tertiary/aromatic N) is 1. The molecule has 0 unspecified atom stereocenters. The largest absolute Gasteiger partial charge is 0.313 e. The zero-order chi connectivity index (χ0) is 14.5. The summed E-state index contributed by atoms with van der Waals surface area (Å²) in [6.45, 7) is 4.17. The lowest BCUT2D eigenvalue weighted by Crippen LogP contribution is -2.13. The molecule has 0 spiro atoms. The molecule has 0 saturated carbocycles. The van der Waals surface area contributed by atoms with Crippen LogP contribution < -0.4 is 5.32 Å². The van der Waals surface area contributed by atoms with E-state index in [0.29, 0.717) is 0 Å². The minimum atomic E-state index is 0.921. The van der Waals surface area contributed by atoms with Gasteiger partial charge in [0.1, 0.15) is 0 Å². The molecule has 21 heavy (non-hydrogen) atoms. The molecule has 1 N–H and O–H groups in total. The first-order valence-corrected chi connectivity index (χ1v) is 7.51. The van der Waals surface area contributed by atoms with Gasteiger partial charge in [-0.1, -0.05) is 43.3 Å². The van der Waals surface area contributed by atoms with Crippen molar-refractivity contribution in [2.24, 2.45) is 0 Å². The van der Waals surface area contributed by atoms with Crippen molar-refractivity contribution in [3.63, 3.8) is 0 Å². The number of nitrogens with one attached hydrogen (secondary N) is 1. The summed E-state index contributed by atoms with van der Waals surface area (Å²) in [6, 6.07) is 17.2. The minimum absolute atomic E-state index is 0.921. The van der Waals surface area contributed by atoms with Gasteiger partial charge in [-0.2, -0.15) is 0 Å². The van der Waals surface area contributed by atoms with E-state index in [1.54, 1.807) is 0 Å². The lowest BCUT2D eigenvalue weighted by molar-refractivity contribution is 0.675. The van der Waals surface area contributed by atoms with Crippen LogP contribution in [-0.4, -0.2) is 11.5 Å². The van der Waals surface area contributed by atoms with Crippen molar-refractivity contribution in [1.82, 2.24) is 10.3 Å². The third-order valence-electron chi connectivity index (χ3n) is 3.68. The van der Waals surface area contributed by atoms with E-state index >= 15 is 0 Å². The SMILES string of the molecule is CCCNCc1cccc(-c2cccc3ccncc23)c1. The molecule has 0 aliphatic rings. The second-order valence-corrected chi connectivity index (χ2v) is 5.28. The molecule has 0 saturated heterocycles. The summed E-state index contributed by atoms with van der Waals surface area (Å²) >= 11 is 0. The fourth-order valence-corrected chi connectivity index (χ4v) is 2.62. The van der Waals surface area contributed by atoms with Crippen LogP contribution in [0.25, 0.3) is 21.9 Å². The van der Waals surface area contributed by atoms with E-state index < -0.39 is 0 Å². The van der Waals surface area contributed by atoms with Gasteiger partial charge in [0.05, 0.1) is 0 Å². The van der Waals surface area contributed by atoms with Crippen molar-refractivity contribution in [2.75, 3.05) is 6.54 Å². The molecule has 0 amide bonds. The first-order valence-electron chi connectivity index (χ1n) is 7.51. The lowest BCUT2D eigenvalue weighted by atomic mass is 9.98. The predicted molar refractivity (Wildman–Crippen MR) is 89.2 cm³/mol. The van der Waals surface area contributed by atoms with Crippen LogP contribution in [0.2, 0.25) is 0 Å². The van der Waals surface area contributed by atoms with Crippen LogP contribution in [-0.2, 0) is 6.54 Å². The second-order valence-electron chi connectivity index (χ2n) is 5.28. The Morgan fingerprint density at radius 3 is 2.86 bits per heavy atom. The van der Waals surface area contributed by atoms with Crippen LogP contribution in [0.4, 0.5) is 0 Å². The molecule has 106 valence electrons. The van der Waals surface area contributed by atoms with E-state index in [9.17, 15) is 0 Å². The summed E-state index contributed by atoms with van der Waals surface area (Å²) in [7, 11) is 0. The topological polar surface area (TPSA) is 24.9 Å². The molecule has 1 aromatic heterocycles. The molecule has 0 atom stereocenters. The van der Waals surface area contributed by atoms with E-state index in [4.69, 9.17) is 0 Å². The maximum Gasteiger partial charge on any atom is 0.0352 e. The third kappa shape index (κ3) is 3.11. The summed E-state index contributed by atoms with van der Waals surface area (Å²) in [5.41, 5.74) is 3.82. The molecule has 2 nitrogen and oxygen atoms in total. The van der Waals surface area contributed by atoms with E-state index in [1.165, 1.54) is 27.5 Å². The average molecular weight is 276 g/mol. The molecular weight excluding hydrogens is 256 g/mol. The Morgan fingerprint density at radius 2 is 1.95 bits per heavy atom. The van der Waals surface area contributed by atoms with Crippen LogP contribution in [0.1, 0.15) is 18.9 Å². The molecule has 0 radical (unpaired) electrons. The molecular formula is C19H20N2. The van der Waals surface area contributed by atoms with E-state index in [0.717, 1.165) is 19.5 Å². The quantitative estimate of drug-likeness (QED) is 0.699. The van der Waals surface area contributed by atoms with Crippen LogP contribution >= 0.6 is 0 Å². The zero-order valence-electron chi connectivity index (χ0n) is 12.3. The van der Waals surface area contributed by atoms with Gasteiger partial charge in [0.15, 0.2) is 0 Å². The molecule has 0 bridgehead atoms. The summed E-state index contributed by atoms with van der Waals surface area (Å²) in [5.74, 6) is 0. The number of pyridine rings is 1. The van der Waals surface area contributed by atoms with Crippen molar-refractivity contribution in [3.8, 4) is 11.1 Å². The summed E-state index contributed by atoms with van der Waals surface area (Å²) in [4.78, 5) is 4.27. The molecule has 3 aromatic rings. The van der Waals surface area contributed by atoms with E-state index in [1.807, 2.05) is 12.4 Å². The Bertz CT molecular complexity index is 729. The van der Waals surface area contributed by atoms with Crippen LogP contribution in [0, 0.1) is 0 Å². The minimum Gasteiger partial charge on any atom is -0.313 e. The summed E-state index contributed by atoms with van der Waals surface area (Å²) in [6.07, 6.45) is 4.96. The van der Waals surface area contributed by atoms with Gasteiger partial charge in [-0.15, -0.1) is 0 Å². The normalized spacial score (nSPS) is 10.9. The number of fused-ring (bicyclic) bond motifs is 1. The van der Waals surface area contributed by atoms with Crippen molar-refractivity contribution in [3.05, 3.63) is 66.5 Å². The van der Waals surface area contributed by atoms with Gasteiger partial charge in [0.2, 0.25) is 0 Å². The molecule has 1 heterocycles. The molecule has 2 heteroatoms. The Labute approximate surface area is 125 Å². The van der Waals surface area contributed by atoms with Crippen LogP contribution in [0.15, 0.2) is 60.9 Å². The summed E-state index contributed by atoms with van der Waals surface area (Å²) < 4.78 is 0. The van der Waals surface area contributed by atoms with Gasteiger partial charge in [0.25, 0.3) is 0 Å². The fourth-order valence-electron chi connectivity index (χ4n) is 2.62. The monoisotopic (exact) mass is 276 g/mol. The molecule has 0 fully saturated rings. The molecule has 3 rings (SSSR count). The fraction of sp³-hybridized carbons (Fsp3) is 0.211. The highest BCUT2D eigenvalue weighted by Crippen LogP contribution is 2.28. The highest BCUT2D eigenvalue weighted by Gasteiger charge is 2.04. The Kier molecular flexibility index (Phi) is 4.27. The molecule has 0 aliphatic carbocycles. The van der Waals surface area contributed by atoms with E-state index in [2.05, 4.69) is 65.8 Å². The van der Waals surface area contributed by atoms with Crippen LogP contribution in [0.3, 0.4) is 0 Å². The van der Waals surface area contributed by atoms with Gasteiger partial charge >= 0.3 is 0 Å². The van der Waals surface area contributed by atoms with Crippen molar-refractivity contribution in [2.45, 2.75) is 19.9 Å². The van der Waals surface area contributed by atoms with Crippen molar-refractivity contribution in [1.29, 1.82) is 0 Å². The highest BCUT2D eigenvalue weighted by molar-refractivity contribution is 5.96. The first-order chi connectivity index (χ1) is 10.4. The Balaban J connectivity index is 1.97. The number of aromatic nitrogens is 1. The Morgan fingerprint density at radius 1 is 1.05 bits per heavy atom. The van der Waals surface area contributed by atoms with Gasteiger partial charge in [-0.05, 0) is 47.2 Å². The van der Waals surface area contributed by atoms with Crippen molar-refractivity contribution < 1.29 is 0 Å². The predicted octanol–water partition coefficient (Wildman–Crippen LogP) is 4.40. The molecule has 2 aromatic carbocycles. The van der Waals surface area contributed by atoms with Gasteiger partial charge in [-0.25, -0.2) is 0 Å². The Hall–Kier alpha value is -2.19. The van der Waals surface area contributed by atoms with E-state index in [-0.39, 0.29) is 0 Å². The third-order valence-corrected chi connectivity index (χ3v) is 3.68. The number of benzene rings is 2. The number of hydrogen-bond acceptors (Lipinski definition) is 2. The number of hydrogen-bond donors (Lipinski definition) is 1. The molecule has 0 aliphatic heterocycles. The zero-order valence-corrected chi connectivity index (χ0v) is 12.3. The summed E-state index contributed by atoms with van der Waals surface area (Å²) in [5, 5.41) is 5.90. The van der Waals surface area contributed by atoms with Gasteiger partial charge in [0, 0.05) is 24.3 Å². The van der Waals surface area contributed by atoms with Crippen LogP contribution in [0.5, 0.6) is 0 Å². The standard InChI is InChI=1S/C19H20N2/c1-2-10-20-13-15-5-3-7-17(12-15)18-8-4-6-16-9-11-21-14-19(16)18/h3-9,11-12,14,20H,2,10,13H2,1H3. The maximum atomic E-state index is 4.27. The highest BCUT2D eigenvalue weighted by atomic mass is 14.8. The lowest BCUT2D eigenvalue weighted by Gasteiger charge is -2.09. The maximum absolute atomic E-state index is 4.27. The van der Waals surface area contributed by atoms with Gasteiger partial charge in [-0.3, -0.25) is 4.98 Å². The first kappa shape index (κ1) is 13.8. The van der Waals surface area contributed by atoms with Gasteiger partial charge < -0.3 is 5.32 Å². The smallest absolute Gasteiger partial charge is 0.0352 e.